The van der Waals surface area contributed by atoms with E-state index in [1.54, 1.807) is 27.9 Å². The molecule has 0 radical (unpaired) electrons. The number of carbonyl (C=O) groups is 3. The zero-order valence-corrected chi connectivity index (χ0v) is 32.6. The van der Waals surface area contributed by atoms with Crippen LogP contribution in [0.2, 0.25) is 0 Å². The van der Waals surface area contributed by atoms with Crippen LogP contribution in [0.25, 0.3) is 0 Å². The fourth-order valence-electron chi connectivity index (χ4n) is 8.82. The topological polar surface area (TPSA) is 139 Å². The fraction of sp³-hybridized carbons (Fsp3) is 0.919. The van der Waals surface area contributed by atoms with Gasteiger partial charge in [-0.3, -0.25) is 9.59 Å². The molecule has 13 nitrogen and oxygen atoms in total. The Labute approximate surface area is 300 Å². The maximum atomic E-state index is 14.3. The van der Waals surface area contributed by atoms with Crippen LogP contribution in [-0.4, -0.2) is 152 Å². The number of nitrogens with zero attached hydrogens (tertiary/aromatic N) is 3. The number of cyclic esters (lactones) is 1. The van der Waals surface area contributed by atoms with Crippen LogP contribution in [0.1, 0.15) is 87.0 Å². The Balaban J connectivity index is 1.70. The summed E-state index contributed by atoms with van der Waals surface area (Å²) in [5.74, 6) is -3.00. The summed E-state index contributed by atoms with van der Waals surface area (Å²) < 4.78 is 31.5. The van der Waals surface area contributed by atoms with Crippen LogP contribution in [0, 0.1) is 17.8 Å². The van der Waals surface area contributed by atoms with E-state index in [1.165, 1.54) is 19.3 Å². The predicted octanol–water partition coefficient (Wildman–Crippen LogP) is 3.06. The van der Waals surface area contributed by atoms with E-state index in [4.69, 9.17) is 23.7 Å². The molecule has 0 spiro atoms. The number of alkyl carbamates (subject to hydrolysis) is 1. The number of methoxy groups -OCH3 is 1. The van der Waals surface area contributed by atoms with Gasteiger partial charge in [-0.25, -0.2) is 4.79 Å². The van der Waals surface area contributed by atoms with Crippen molar-refractivity contribution in [3.05, 3.63) is 0 Å². The van der Waals surface area contributed by atoms with Gasteiger partial charge in [0.15, 0.2) is 17.7 Å². The largest absolute Gasteiger partial charge is 0.458 e. The summed E-state index contributed by atoms with van der Waals surface area (Å²) in [5, 5.41) is 14.6. The van der Waals surface area contributed by atoms with Gasteiger partial charge in [0.25, 0.3) is 0 Å². The second kappa shape index (κ2) is 16.4. The third kappa shape index (κ3) is 8.50. The SMILES string of the molecule is CC[C@H]1OC(=O)C(C)C(=O)[C@H](C)[C@@H](O[C@@H]2OC(CN(C)C3CCC3)CC(N(C)C)C2O)[C@](C)(OC)C[C@@H](C)CN(C)[C@H](C)[C@H]2NC(=O)O[C@@]21C. The van der Waals surface area contributed by atoms with Crippen molar-refractivity contribution in [1.29, 1.82) is 0 Å². The third-order valence-corrected chi connectivity index (χ3v) is 12.4. The first-order chi connectivity index (χ1) is 23.4. The Morgan fingerprint density at radius 2 is 1.74 bits per heavy atom. The summed E-state index contributed by atoms with van der Waals surface area (Å²) in [6.45, 7) is 14.4. The average molecular weight is 711 g/mol. The van der Waals surface area contributed by atoms with Crippen molar-refractivity contribution in [2.75, 3.05) is 48.4 Å². The number of ketones is 1. The van der Waals surface area contributed by atoms with Gasteiger partial charge in [-0.1, -0.05) is 27.2 Å². The van der Waals surface area contributed by atoms with E-state index < -0.39 is 65.7 Å². The van der Waals surface area contributed by atoms with Gasteiger partial charge in [0.05, 0.1) is 23.9 Å². The fourth-order valence-corrected chi connectivity index (χ4v) is 8.82. The Morgan fingerprint density at radius 1 is 1.08 bits per heavy atom. The molecule has 0 aromatic heterocycles. The molecule has 3 heterocycles. The number of nitrogens with one attached hydrogen (secondary N) is 1. The van der Waals surface area contributed by atoms with Crippen molar-refractivity contribution in [3.63, 3.8) is 0 Å². The van der Waals surface area contributed by atoms with Crippen LogP contribution in [0.5, 0.6) is 0 Å². The lowest BCUT2D eigenvalue weighted by Crippen LogP contribution is -2.60. The van der Waals surface area contributed by atoms with E-state index in [0.717, 1.165) is 0 Å². The Kier molecular flexibility index (Phi) is 13.4. The Morgan fingerprint density at radius 3 is 2.30 bits per heavy atom. The molecule has 2 N–H and O–H groups in total. The monoisotopic (exact) mass is 710 g/mol. The van der Waals surface area contributed by atoms with Crippen LogP contribution < -0.4 is 5.32 Å². The first kappa shape index (κ1) is 40.9. The highest BCUT2D eigenvalue weighted by Crippen LogP contribution is 2.39. The van der Waals surface area contributed by atoms with Crippen LogP contribution in [0.3, 0.4) is 0 Å². The minimum absolute atomic E-state index is 0.0445. The predicted molar refractivity (Wildman–Crippen MR) is 189 cm³/mol. The standard InChI is InChI=1S/C37H66N4O9/c1-13-28-37(7)31(38-35(45)50-37)24(5)40(10)19-21(2)18-36(6,46-12)32(22(3)29(42)23(4)33(44)48-28)49-34-30(43)27(39(8)9)17-26(47-34)20-41(11)25-15-14-16-25/h21-28,30-32,34,43H,13-20H2,1-12H3,(H,38,45)/t21-,22+,23?,24-,26?,27?,28-,30?,31-,32-,34+,36-,37-/m1/s1. The first-order valence-electron chi connectivity index (χ1n) is 18.7. The normalized spacial score (nSPS) is 43.0. The number of hydrogen-bond acceptors (Lipinski definition) is 12. The van der Waals surface area contributed by atoms with Gasteiger partial charge in [0, 0.05) is 44.2 Å². The van der Waals surface area contributed by atoms with Gasteiger partial charge < -0.3 is 48.8 Å². The lowest BCUT2D eigenvalue weighted by Gasteiger charge is -2.48. The number of likely N-dealkylation sites (N-methyl/N-ethyl adjacent to an activating group) is 3. The molecule has 0 aromatic rings. The van der Waals surface area contributed by atoms with Crippen molar-refractivity contribution >= 4 is 17.8 Å². The number of rotatable bonds is 8. The molecular formula is C37H66N4O9. The zero-order valence-electron chi connectivity index (χ0n) is 32.6. The number of aliphatic hydroxyl groups is 1. The number of amides is 1. The molecule has 0 bridgehead atoms. The molecule has 13 heteroatoms. The number of carbonyl (C=O) groups excluding carboxylic acids is 3. The molecule has 1 amide bonds. The molecule has 4 unspecified atom stereocenters. The highest BCUT2D eigenvalue weighted by Gasteiger charge is 2.56. The Hall–Kier alpha value is -1.87. The van der Waals surface area contributed by atoms with Crippen LogP contribution in [-0.2, 0) is 33.3 Å². The van der Waals surface area contributed by atoms with Gasteiger partial charge >= 0.3 is 12.1 Å². The summed E-state index contributed by atoms with van der Waals surface area (Å²) >= 11 is 0. The average Bonchev–Trinajstić information content (AvgIpc) is 3.34. The molecule has 3 aliphatic heterocycles. The number of hydrogen-bond donors (Lipinski definition) is 2. The van der Waals surface area contributed by atoms with Crippen molar-refractivity contribution in [3.8, 4) is 0 Å². The minimum atomic E-state index is -1.15. The maximum absolute atomic E-state index is 14.3. The van der Waals surface area contributed by atoms with Crippen LogP contribution >= 0.6 is 0 Å². The van der Waals surface area contributed by atoms with Crippen molar-refractivity contribution in [2.45, 2.75) is 153 Å². The van der Waals surface area contributed by atoms with E-state index in [-0.39, 0.29) is 29.9 Å². The molecule has 3 saturated heterocycles. The molecule has 0 aromatic carbocycles. The zero-order chi connectivity index (χ0) is 37.3. The van der Waals surface area contributed by atoms with E-state index in [2.05, 4.69) is 29.1 Å². The summed E-state index contributed by atoms with van der Waals surface area (Å²) in [6, 6.07) is -0.361. The molecule has 50 heavy (non-hydrogen) atoms. The molecular weight excluding hydrogens is 644 g/mol. The Bertz CT molecular complexity index is 1190. The van der Waals surface area contributed by atoms with Gasteiger partial charge in [0.2, 0.25) is 0 Å². The molecule has 4 rings (SSSR count). The van der Waals surface area contributed by atoms with Crippen LogP contribution in [0.4, 0.5) is 4.79 Å². The second-order valence-corrected chi connectivity index (χ2v) is 16.4. The highest BCUT2D eigenvalue weighted by atomic mass is 16.7. The summed E-state index contributed by atoms with van der Waals surface area (Å²) in [4.78, 5) is 47.2. The van der Waals surface area contributed by atoms with Crippen molar-refractivity contribution in [1.82, 2.24) is 20.0 Å². The van der Waals surface area contributed by atoms with Crippen molar-refractivity contribution < 1.29 is 43.2 Å². The number of aliphatic hydroxyl groups excluding tert-OH is 1. The molecule has 1 aliphatic carbocycles. The molecule has 4 fully saturated rings. The van der Waals surface area contributed by atoms with E-state index >= 15 is 0 Å². The second-order valence-electron chi connectivity index (χ2n) is 16.4. The number of esters is 1. The third-order valence-electron chi connectivity index (χ3n) is 12.4. The maximum Gasteiger partial charge on any atom is 0.408 e. The van der Waals surface area contributed by atoms with E-state index in [1.807, 2.05) is 46.8 Å². The molecule has 13 atom stereocenters. The number of ether oxygens (including phenoxy) is 5. The quantitative estimate of drug-likeness (QED) is 0.283. The smallest absolute Gasteiger partial charge is 0.408 e. The first-order valence-corrected chi connectivity index (χ1v) is 18.7. The van der Waals surface area contributed by atoms with Gasteiger partial charge in [-0.05, 0) is 93.9 Å². The summed E-state index contributed by atoms with van der Waals surface area (Å²) in [7, 11) is 9.62. The molecule has 288 valence electrons. The molecule has 4 aliphatic rings. The van der Waals surface area contributed by atoms with Gasteiger partial charge in [0.1, 0.15) is 18.1 Å². The van der Waals surface area contributed by atoms with E-state index in [0.29, 0.717) is 38.4 Å². The number of fused-ring (bicyclic) bond motifs is 1. The lowest BCUT2D eigenvalue weighted by atomic mass is 9.78. The lowest BCUT2D eigenvalue weighted by molar-refractivity contribution is -0.299. The van der Waals surface area contributed by atoms with Gasteiger partial charge in [-0.2, -0.15) is 0 Å². The van der Waals surface area contributed by atoms with E-state index in [9.17, 15) is 19.5 Å². The minimum Gasteiger partial charge on any atom is -0.458 e. The highest BCUT2D eigenvalue weighted by molar-refractivity contribution is 6.00. The number of Topliss-reactive ketones (excluding diaryl/α,β-unsaturated/α-hetero) is 1. The van der Waals surface area contributed by atoms with Crippen molar-refractivity contribution in [2.24, 2.45) is 17.8 Å². The van der Waals surface area contributed by atoms with Gasteiger partial charge in [-0.15, -0.1) is 0 Å². The summed E-state index contributed by atoms with van der Waals surface area (Å²) in [6.07, 6.45) is 0.654. The molecule has 1 saturated carbocycles. The summed E-state index contributed by atoms with van der Waals surface area (Å²) in [5.41, 5.74) is -2.17. The van der Waals surface area contributed by atoms with Crippen LogP contribution in [0.15, 0.2) is 0 Å².